The van der Waals surface area contributed by atoms with Gasteiger partial charge in [-0.2, -0.15) is 8.42 Å². The van der Waals surface area contributed by atoms with E-state index in [4.69, 9.17) is 4.55 Å². The monoisotopic (exact) mass is 222 g/mol. The van der Waals surface area contributed by atoms with Gasteiger partial charge in [0.25, 0.3) is 10.1 Å². The molecular formula is C8H9NNaO3S. The van der Waals surface area contributed by atoms with Crippen LogP contribution in [0.25, 0.3) is 0 Å². The summed E-state index contributed by atoms with van der Waals surface area (Å²) in [5, 5.41) is 1.85. The fraction of sp³-hybridized carbons (Fsp3) is 0.250. The molecule has 1 atom stereocenters. The first kappa shape index (κ1) is 12.0. The Labute approximate surface area is 105 Å². The van der Waals surface area contributed by atoms with Crippen molar-refractivity contribution >= 4 is 45.4 Å². The summed E-state index contributed by atoms with van der Waals surface area (Å²) in [5.74, 6) is 0. The molecule has 0 spiro atoms. The quantitative estimate of drug-likeness (QED) is 0.536. The summed E-state index contributed by atoms with van der Waals surface area (Å²) in [5.41, 5.74) is 1.70. The fourth-order valence-corrected chi connectivity index (χ4v) is 2.11. The first-order valence-electron chi connectivity index (χ1n) is 3.88. The van der Waals surface area contributed by atoms with Gasteiger partial charge in [-0.25, -0.2) is 0 Å². The van der Waals surface area contributed by atoms with Crippen LogP contribution in [0.1, 0.15) is 5.56 Å². The zero-order chi connectivity index (χ0) is 9.47. The summed E-state index contributed by atoms with van der Waals surface area (Å²) in [6, 6.07) is 7.29. The van der Waals surface area contributed by atoms with Crippen molar-refractivity contribution in [3.8, 4) is 0 Å². The van der Waals surface area contributed by atoms with E-state index in [0.717, 1.165) is 11.3 Å². The molecule has 1 aromatic rings. The van der Waals surface area contributed by atoms with Gasteiger partial charge in [-0.3, -0.25) is 4.55 Å². The number of hydrogen-bond donors (Lipinski definition) is 2. The number of nitrogens with one attached hydrogen (secondary N) is 1. The first-order chi connectivity index (χ1) is 6.07. The van der Waals surface area contributed by atoms with Crippen LogP contribution in [-0.4, -0.2) is 47.9 Å². The molecule has 1 radical (unpaired) electrons. The van der Waals surface area contributed by atoms with Crippen molar-refractivity contribution in [1.29, 1.82) is 0 Å². The average molecular weight is 222 g/mol. The Kier molecular flexibility index (Phi) is 3.60. The van der Waals surface area contributed by atoms with Crippen LogP contribution < -0.4 is 5.32 Å². The Morgan fingerprint density at radius 2 is 2.00 bits per heavy atom. The normalized spacial score (nSPS) is 19.4. The molecule has 2 rings (SSSR count). The van der Waals surface area contributed by atoms with Crippen LogP contribution in [0.4, 0.5) is 5.69 Å². The molecular weight excluding hydrogens is 213 g/mol. The summed E-state index contributed by atoms with van der Waals surface area (Å²) in [6.07, 6.45) is 0.328. The third-order valence-corrected chi connectivity index (χ3v) is 3.10. The van der Waals surface area contributed by atoms with Gasteiger partial charge in [0.1, 0.15) is 0 Å². The molecule has 1 aliphatic rings. The Bertz CT molecular complexity index is 407. The third-order valence-electron chi connectivity index (χ3n) is 2.10. The van der Waals surface area contributed by atoms with Crippen LogP contribution in [0.15, 0.2) is 24.3 Å². The van der Waals surface area contributed by atoms with Gasteiger partial charge in [-0.1, -0.05) is 18.2 Å². The van der Waals surface area contributed by atoms with Gasteiger partial charge in [-0.15, -0.1) is 0 Å². The van der Waals surface area contributed by atoms with Crippen molar-refractivity contribution in [3.05, 3.63) is 29.8 Å². The fourth-order valence-electron chi connectivity index (χ4n) is 1.44. The maximum absolute atomic E-state index is 10.8. The van der Waals surface area contributed by atoms with Gasteiger partial charge in [-0.05, 0) is 11.6 Å². The van der Waals surface area contributed by atoms with Gasteiger partial charge in [0.05, 0.1) is 0 Å². The SMILES string of the molecule is O=S(=O)(O)C1Cc2ccccc2N1.[Na]. The molecule has 0 amide bonds. The van der Waals surface area contributed by atoms with E-state index < -0.39 is 15.5 Å². The van der Waals surface area contributed by atoms with Crippen molar-refractivity contribution in [2.75, 3.05) is 5.32 Å². The van der Waals surface area contributed by atoms with Crippen LogP contribution >= 0.6 is 0 Å². The number of fused-ring (bicyclic) bond motifs is 1. The van der Waals surface area contributed by atoms with Gasteiger partial charge in [0.2, 0.25) is 0 Å². The third kappa shape index (κ3) is 2.29. The van der Waals surface area contributed by atoms with Gasteiger partial charge in [0, 0.05) is 41.7 Å². The minimum Gasteiger partial charge on any atom is -0.367 e. The molecule has 6 heteroatoms. The summed E-state index contributed by atoms with van der Waals surface area (Å²) in [4.78, 5) is 0. The standard InChI is InChI=1S/C8H9NO3S.Na/c10-13(11,12)8-5-6-3-1-2-4-7(6)9-8;/h1-4,8-9H,5H2,(H,10,11,12);. The predicted molar refractivity (Wildman–Crippen MR) is 54.9 cm³/mol. The molecule has 71 valence electrons. The van der Waals surface area contributed by atoms with E-state index in [2.05, 4.69) is 5.32 Å². The number of rotatable bonds is 1. The number of para-hydroxylation sites is 1. The van der Waals surface area contributed by atoms with Crippen molar-refractivity contribution in [2.45, 2.75) is 11.8 Å². The van der Waals surface area contributed by atoms with Crippen LogP contribution in [0.5, 0.6) is 0 Å². The molecule has 1 aromatic carbocycles. The zero-order valence-corrected chi connectivity index (χ0v) is 10.6. The molecule has 0 bridgehead atoms. The molecule has 1 unspecified atom stereocenters. The molecule has 0 aliphatic carbocycles. The van der Waals surface area contributed by atoms with Crippen LogP contribution in [0.2, 0.25) is 0 Å². The summed E-state index contributed by atoms with van der Waals surface area (Å²) in [7, 11) is -3.98. The van der Waals surface area contributed by atoms with Crippen molar-refractivity contribution in [1.82, 2.24) is 0 Å². The Balaban J connectivity index is 0.000000980. The largest absolute Gasteiger partial charge is 0.367 e. The van der Waals surface area contributed by atoms with Gasteiger partial charge < -0.3 is 5.32 Å². The first-order valence-corrected chi connectivity index (χ1v) is 5.38. The zero-order valence-electron chi connectivity index (χ0n) is 7.77. The molecule has 0 saturated carbocycles. The minimum absolute atomic E-state index is 0. The Morgan fingerprint density at radius 1 is 1.36 bits per heavy atom. The molecule has 0 fully saturated rings. The number of anilines is 1. The second-order valence-electron chi connectivity index (χ2n) is 3.01. The molecule has 2 N–H and O–H groups in total. The van der Waals surface area contributed by atoms with Gasteiger partial charge >= 0.3 is 0 Å². The smallest absolute Gasteiger partial charge is 0.286 e. The van der Waals surface area contributed by atoms with Crippen molar-refractivity contribution in [3.63, 3.8) is 0 Å². The second-order valence-corrected chi connectivity index (χ2v) is 4.61. The Hall–Kier alpha value is -0.0700. The molecule has 1 heterocycles. The van der Waals surface area contributed by atoms with Crippen LogP contribution in [0.3, 0.4) is 0 Å². The summed E-state index contributed by atoms with van der Waals surface area (Å²) >= 11 is 0. The van der Waals surface area contributed by atoms with E-state index >= 15 is 0 Å². The number of benzene rings is 1. The van der Waals surface area contributed by atoms with E-state index in [9.17, 15) is 8.42 Å². The topological polar surface area (TPSA) is 66.4 Å². The van der Waals surface area contributed by atoms with Gasteiger partial charge in [0.15, 0.2) is 5.37 Å². The van der Waals surface area contributed by atoms with E-state index in [1.54, 1.807) is 6.07 Å². The van der Waals surface area contributed by atoms with Crippen LogP contribution in [-0.2, 0) is 16.5 Å². The second kappa shape index (κ2) is 4.20. The number of hydrogen-bond acceptors (Lipinski definition) is 3. The van der Waals surface area contributed by atoms with Crippen LogP contribution in [0, 0.1) is 0 Å². The van der Waals surface area contributed by atoms with Crippen molar-refractivity contribution < 1.29 is 13.0 Å². The molecule has 1 aliphatic heterocycles. The van der Waals surface area contributed by atoms with E-state index in [0.29, 0.717) is 6.42 Å². The molecule has 4 nitrogen and oxygen atoms in total. The molecule has 0 saturated heterocycles. The van der Waals surface area contributed by atoms with E-state index in [1.165, 1.54) is 0 Å². The summed E-state index contributed by atoms with van der Waals surface area (Å²) < 4.78 is 30.4. The van der Waals surface area contributed by atoms with Crippen molar-refractivity contribution in [2.24, 2.45) is 0 Å². The molecule has 0 aromatic heterocycles. The Morgan fingerprint density at radius 3 is 2.57 bits per heavy atom. The molecule has 14 heavy (non-hydrogen) atoms. The maximum Gasteiger partial charge on any atom is 0.286 e. The summed E-state index contributed by atoms with van der Waals surface area (Å²) in [6.45, 7) is 0. The van der Waals surface area contributed by atoms with E-state index in [1.807, 2.05) is 18.2 Å². The van der Waals surface area contributed by atoms with E-state index in [-0.39, 0.29) is 29.6 Å². The maximum atomic E-state index is 10.8. The average Bonchev–Trinajstić information content (AvgIpc) is 2.45. The minimum atomic E-state index is -3.98. The predicted octanol–water partition coefficient (Wildman–Crippen LogP) is 0.488.